The van der Waals surface area contributed by atoms with Crippen LogP contribution in [0.2, 0.25) is 10.2 Å². The average molecular weight is 286 g/mol. The number of hydrogen-bond donors (Lipinski definition) is 0. The smallest absolute Gasteiger partial charge is 0.136 e. The second-order valence-corrected chi connectivity index (χ2v) is 4.78. The molecule has 2 aromatic rings. The Hall–Kier alpha value is -1.26. The molecule has 0 fully saturated rings. The van der Waals surface area contributed by atoms with E-state index in [9.17, 15) is 0 Å². The maximum absolute atomic E-state index is 6.09. The van der Waals surface area contributed by atoms with Crippen LogP contribution in [0.25, 0.3) is 0 Å². The first kappa shape index (κ1) is 13.2. The highest BCUT2D eigenvalue weighted by Gasteiger charge is 2.14. The van der Waals surface area contributed by atoms with Gasteiger partial charge in [0.15, 0.2) is 0 Å². The summed E-state index contributed by atoms with van der Waals surface area (Å²) in [4.78, 5) is 4.37. The molecule has 0 aliphatic rings. The Bertz CT molecular complexity index is 581. The molecule has 2 rings (SSSR count). The van der Waals surface area contributed by atoms with Gasteiger partial charge in [0.1, 0.15) is 10.9 Å². The zero-order valence-corrected chi connectivity index (χ0v) is 11.9. The highest BCUT2D eigenvalue weighted by atomic mass is 35.5. The predicted octanol–water partition coefficient (Wildman–Crippen LogP) is 3.26. The number of pyridine rings is 1. The molecule has 0 bridgehead atoms. The zero-order valence-electron chi connectivity index (χ0n) is 10.4. The van der Waals surface area contributed by atoms with Gasteiger partial charge in [-0.3, -0.25) is 4.68 Å². The Kier molecular flexibility index (Phi) is 3.78. The van der Waals surface area contributed by atoms with E-state index < -0.39 is 0 Å². The van der Waals surface area contributed by atoms with Gasteiger partial charge < -0.3 is 4.74 Å². The van der Waals surface area contributed by atoms with Crippen LogP contribution < -0.4 is 4.74 Å². The zero-order chi connectivity index (χ0) is 13.3. The van der Waals surface area contributed by atoms with Crippen molar-refractivity contribution in [3.8, 4) is 5.75 Å². The molecule has 0 amide bonds. The van der Waals surface area contributed by atoms with Gasteiger partial charge in [-0.1, -0.05) is 23.2 Å². The van der Waals surface area contributed by atoms with Crippen LogP contribution in [0.4, 0.5) is 0 Å². The number of aromatic nitrogens is 3. The minimum Gasteiger partial charge on any atom is -0.496 e. The van der Waals surface area contributed by atoms with Crippen molar-refractivity contribution in [1.29, 1.82) is 0 Å². The maximum atomic E-state index is 6.09. The molecule has 0 aliphatic carbocycles. The molecule has 6 heteroatoms. The van der Waals surface area contributed by atoms with Crippen molar-refractivity contribution in [2.45, 2.75) is 20.4 Å². The third-order valence-corrected chi connectivity index (χ3v) is 3.34. The van der Waals surface area contributed by atoms with E-state index in [1.54, 1.807) is 24.2 Å². The van der Waals surface area contributed by atoms with Gasteiger partial charge in [-0.2, -0.15) is 5.10 Å². The first-order valence-corrected chi connectivity index (χ1v) is 6.16. The first-order valence-electron chi connectivity index (χ1n) is 5.40. The molecule has 2 aromatic heterocycles. The van der Waals surface area contributed by atoms with E-state index in [-0.39, 0.29) is 0 Å². The van der Waals surface area contributed by atoms with Crippen LogP contribution in [0, 0.1) is 13.8 Å². The molecular formula is C12H13Cl2N3O. The molecule has 0 N–H and O–H groups in total. The molecule has 0 aromatic carbocycles. The van der Waals surface area contributed by atoms with Crippen molar-refractivity contribution in [2.24, 2.45) is 0 Å². The Labute approximate surface area is 115 Å². The van der Waals surface area contributed by atoms with Crippen LogP contribution >= 0.6 is 23.2 Å². The molecular weight excluding hydrogens is 273 g/mol. The van der Waals surface area contributed by atoms with E-state index in [0.717, 1.165) is 22.6 Å². The van der Waals surface area contributed by atoms with Gasteiger partial charge in [-0.15, -0.1) is 0 Å². The minimum atomic E-state index is 0.450. The van der Waals surface area contributed by atoms with Crippen molar-refractivity contribution in [2.75, 3.05) is 7.11 Å². The number of ether oxygens (including phenoxy) is 1. The summed E-state index contributed by atoms with van der Waals surface area (Å²) in [5.74, 6) is 0.767. The fraction of sp³-hybridized carbons (Fsp3) is 0.333. The monoisotopic (exact) mass is 285 g/mol. The van der Waals surface area contributed by atoms with Crippen LogP contribution in [0.1, 0.15) is 16.8 Å². The first-order chi connectivity index (χ1) is 8.52. The SMILES string of the molecule is COc1c(C)c(Cl)nc(Cn2cc(Cl)cn2)c1C. The molecule has 4 nitrogen and oxygen atoms in total. The lowest BCUT2D eigenvalue weighted by Gasteiger charge is -2.13. The van der Waals surface area contributed by atoms with Gasteiger partial charge in [-0.05, 0) is 13.8 Å². The lowest BCUT2D eigenvalue weighted by Crippen LogP contribution is -2.07. The van der Waals surface area contributed by atoms with Crippen LogP contribution in [0.15, 0.2) is 12.4 Å². The van der Waals surface area contributed by atoms with E-state index in [2.05, 4.69) is 10.1 Å². The van der Waals surface area contributed by atoms with Gasteiger partial charge in [0.05, 0.1) is 30.6 Å². The van der Waals surface area contributed by atoms with E-state index >= 15 is 0 Å². The van der Waals surface area contributed by atoms with E-state index in [1.165, 1.54) is 0 Å². The molecule has 0 aliphatic heterocycles. The number of rotatable bonds is 3. The summed E-state index contributed by atoms with van der Waals surface area (Å²) in [6.45, 7) is 4.35. The Morgan fingerprint density at radius 3 is 2.56 bits per heavy atom. The van der Waals surface area contributed by atoms with Crippen molar-refractivity contribution in [3.63, 3.8) is 0 Å². The van der Waals surface area contributed by atoms with E-state index in [4.69, 9.17) is 27.9 Å². The minimum absolute atomic E-state index is 0.450. The van der Waals surface area contributed by atoms with Crippen molar-refractivity contribution in [3.05, 3.63) is 39.4 Å². The average Bonchev–Trinajstić information content (AvgIpc) is 2.73. The molecule has 96 valence electrons. The summed E-state index contributed by atoms with van der Waals surface area (Å²) < 4.78 is 7.07. The normalized spacial score (nSPS) is 10.7. The summed E-state index contributed by atoms with van der Waals surface area (Å²) in [6, 6.07) is 0. The van der Waals surface area contributed by atoms with Crippen LogP contribution in [-0.4, -0.2) is 21.9 Å². The number of methoxy groups -OCH3 is 1. The third kappa shape index (κ3) is 2.44. The standard InChI is InChI=1S/C12H13Cl2N3O/c1-7-10(6-17-5-9(13)4-15-17)16-12(14)8(2)11(7)18-3/h4-5H,6H2,1-3H3. The Balaban J connectivity index is 2.42. The molecule has 0 atom stereocenters. The van der Waals surface area contributed by atoms with Crippen LogP contribution in [-0.2, 0) is 6.54 Å². The highest BCUT2D eigenvalue weighted by Crippen LogP contribution is 2.30. The fourth-order valence-corrected chi connectivity index (χ4v) is 2.17. The molecule has 0 saturated heterocycles. The van der Waals surface area contributed by atoms with Crippen LogP contribution in [0.5, 0.6) is 5.75 Å². The van der Waals surface area contributed by atoms with Crippen LogP contribution in [0.3, 0.4) is 0 Å². The molecule has 0 unspecified atom stereocenters. The Morgan fingerprint density at radius 2 is 2.00 bits per heavy atom. The van der Waals surface area contributed by atoms with Crippen molar-refractivity contribution in [1.82, 2.24) is 14.8 Å². The van der Waals surface area contributed by atoms with Gasteiger partial charge in [0, 0.05) is 17.3 Å². The Morgan fingerprint density at radius 1 is 1.28 bits per heavy atom. The topological polar surface area (TPSA) is 39.9 Å². The predicted molar refractivity (Wildman–Crippen MR) is 71.6 cm³/mol. The highest BCUT2D eigenvalue weighted by molar-refractivity contribution is 6.30. The second kappa shape index (κ2) is 5.16. The van der Waals surface area contributed by atoms with Gasteiger partial charge in [0.2, 0.25) is 0 Å². The van der Waals surface area contributed by atoms with Gasteiger partial charge >= 0.3 is 0 Å². The summed E-state index contributed by atoms with van der Waals surface area (Å²) in [6.07, 6.45) is 3.33. The maximum Gasteiger partial charge on any atom is 0.136 e. The van der Waals surface area contributed by atoms with Crippen molar-refractivity contribution >= 4 is 23.2 Å². The lowest BCUT2D eigenvalue weighted by molar-refractivity contribution is 0.406. The molecule has 2 heterocycles. The third-order valence-electron chi connectivity index (χ3n) is 2.77. The van der Waals surface area contributed by atoms with Gasteiger partial charge in [-0.25, -0.2) is 4.98 Å². The number of hydrogen-bond acceptors (Lipinski definition) is 3. The molecule has 0 saturated carbocycles. The second-order valence-electron chi connectivity index (χ2n) is 3.99. The molecule has 0 radical (unpaired) electrons. The largest absolute Gasteiger partial charge is 0.496 e. The van der Waals surface area contributed by atoms with E-state index in [1.807, 2.05) is 13.8 Å². The molecule has 0 spiro atoms. The quantitative estimate of drug-likeness (QED) is 0.813. The lowest BCUT2D eigenvalue weighted by atomic mass is 10.1. The fourth-order valence-electron chi connectivity index (χ4n) is 1.83. The van der Waals surface area contributed by atoms with E-state index in [0.29, 0.717) is 16.7 Å². The number of nitrogens with zero attached hydrogens (tertiary/aromatic N) is 3. The summed E-state index contributed by atoms with van der Waals surface area (Å²) in [5, 5.41) is 5.17. The summed E-state index contributed by atoms with van der Waals surface area (Å²) in [7, 11) is 1.63. The molecule has 18 heavy (non-hydrogen) atoms. The van der Waals surface area contributed by atoms with Crippen molar-refractivity contribution < 1.29 is 4.74 Å². The number of halogens is 2. The summed E-state index contributed by atoms with van der Waals surface area (Å²) in [5.41, 5.74) is 2.63. The summed E-state index contributed by atoms with van der Waals surface area (Å²) >= 11 is 11.9. The van der Waals surface area contributed by atoms with Gasteiger partial charge in [0.25, 0.3) is 0 Å².